The number of benzene rings is 2. The molecule has 10 nitrogen and oxygen atoms in total. The minimum absolute atomic E-state index is 0.243. The van der Waals surface area contributed by atoms with Gasteiger partial charge in [-0.25, -0.2) is 14.8 Å². The zero-order valence-electron chi connectivity index (χ0n) is 20.7. The van der Waals surface area contributed by atoms with Crippen LogP contribution < -0.4 is 25.4 Å². The Hall–Kier alpha value is -4.60. The summed E-state index contributed by atoms with van der Waals surface area (Å²) in [5.41, 5.74) is 4.33. The fourth-order valence-corrected chi connectivity index (χ4v) is 3.73. The Morgan fingerprint density at radius 1 is 0.944 bits per heavy atom. The first kappa shape index (κ1) is 24.5. The van der Waals surface area contributed by atoms with E-state index in [1.54, 1.807) is 38.5 Å². The summed E-state index contributed by atoms with van der Waals surface area (Å²) in [5.74, 6) is 2.09. The zero-order valence-corrected chi connectivity index (χ0v) is 20.7. The van der Waals surface area contributed by atoms with Crippen LogP contribution in [0.3, 0.4) is 0 Å². The first-order chi connectivity index (χ1) is 17.4. The molecule has 186 valence electrons. The fourth-order valence-electron chi connectivity index (χ4n) is 3.73. The minimum Gasteiger partial charge on any atom is -0.497 e. The molecule has 2 heterocycles. The molecule has 2 aromatic carbocycles. The van der Waals surface area contributed by atoms with Crippen molar-refractivity contribution in [1.29, 1.82) is 0 Å². The number of amides is 2. The van der Waals surface area contributed by atoms with E-state index in [0.717, 1.165) is 33.6 Å². The average Bonchev–Trinajstić information content (AvgIpc) is 3.25. The molecule has 4 N–H and O–H groups in total. The monoisotopic (exact) mass is 487 g/mol. The Kier molecular flexibility index (Phi) is 7.64. The highest BCUT2D eigenvalue weighted by Gasteiger charge is 2.10. The molecule has 0 aliphatic carbocycles. The quantitative estimate of drug-likeness (QED) is 0.226. The van der Waals surface area contributed by atoms with Gasteiger partial charge in [-0.05, 0) is 68.3 Å². The zero-order chi connectivity index (χ0) is 25.5. The summed E-state index contributed by atoms with van der Waals surface area (Å²) in [4.78, 5) is 29.4. The molecule has 0 bridgehead atoms. The summed E-state index contributed by atoms with van der Waals surface area (Å²) in [6, 6.07) is 14.4. The van der Waals surface area contributed by atoms with Gasteiger partial charge in [0, 0.05) is 46.8 Å². The van der Waals surface area contributed by atoms with E-state index in [9.17, 15) is 4.79 Å². The largest absolute Gasteiger partial charge is 0.497 e. The predicted octanol–water partition coefficient (Wildman–Crippen LogP) is 4.42. The Bertz CT molecular complexity index is 1360. The van der Waals surface area contributed by atoms with Crippen LogP contribution in [0.15, 0.2) is 59.7 Å². The van der Waals surface area contributed by atoms with Crippen LogP contribution in [0.4, 0.5) is 16.4 Å². The second-order valence-electron chi connectivity index (χ2n) is 8.11. The Morgan fingerprint density at radius 2 is 1.64 bits per heavy atom. The number of fused-ring (bicyclic) bond motifs is 1. The van der Waals surface area contributed by atoms with E-state index in [4.69, 9.17) is 9.47 Å². The van der Waals surface area contributed by atoms with Crippen LogP contribution in [-0.4, -0.2) is 47.7 Å². The molecule has 2 amide bonds. The first-order valence-electron chi connectivity index (χ1n) is 11.4. The normalized spacial score (nSPS) is 11.3. The van der Waals surface area contributed by atoms with Crippen LogP contribution in [0.5, 0.6) is 11.5 Å². The molecule has 0 saturated carbocycles. The molecule has 0 fully saturated rings. The van der Waals surface area contributed by atoms with E-state index < -0.39 is 6.03 Å². The van der Waals surface area contributed by atoms with Crippen LogP contribution in [0.1, 0.15) is 17.0 Å². The van der Waals surface area contributed by atoms with Crippen LogP contribution in [0.2, 0.25) is 0 Å². The van der Waals surface area contributed by atoms with Crippen LogP contribution in [0, 0.1) is 13.8 Å². The van der Waals surface area contributed by atoms with Crippen LogP contribution in [0.25, 0.3) is 10.9 Å². The second-order valence-corrected chi connectivity index (χ2v) is 8.11. The van der Waals surface area contributed by atoms with Crippen molar-refractivity contribution in [2.75, 3.05) is 31.4 Å². The average molecular weight is 488 g/mol. The molecule has 0 unspecified atom stereocenters. The summed E-state index contributed by atoms with van der Waals surface area (Å²) in [6.07, 6.45) is 2.62. The molecule has 36 heavy (non-hydrogen) atoms. The van der Waals surface area contributed by atoms with Gasteiger partial charge in [0.2, 0.25) is 11.9 Å². The number of ether oxygens (including phenoxy) is 2. The van der Waals surface area contributed by atoms with E-state index in [0.29, 0.717) is 30.4 Å². The molecule has 0 aliphatic rings. The Labute approximate surface area is 209 Å². The topological polar surface area (TPSA) is 126 Å². The SMILES string of the molecule is COc1ccc(NC(=O)NC(=NCCc2c[nH]c3cc(OC)ccc23)Nc2nc(C)cc(C)n2)cc1. The van der Waals surface area contributed by atoms with Gasteiger partial charge in [-0.2, -0.15) is 0 Å². The van der Waals surface area contributed by atoms with Crippen molar-refractivity contribution in [2.45, 2.75) is 20.3 Å². The summed E-state index contributed by atoms with van der Waals surface area (Å²) < 4.78 is 10.5. The maximum absolute atomic E-state index is 12.7. The molecule has 4 rings (SSSR count). The number of carbonyl (C=O) groups excluding carboxylic acids is 1. The number of anilines is 2. The van der Waals surface area contributed by atoms with E-state index in [1.165, 1.54) is 0 Å². The molecular formula is C26H29N7O3. The van der Waals surface area contributed by atoms with Gasteiger partial charge in [0.15, 0.2) is 0 Å². The summed E-state index contributed by atoms with van der Waals surface area (Å²) in [6.45, 7) is 4.19. The minimum atomic E-state index is -0.449. The van der Waals surface area contributed by atoms with Gasteiger partial charge in [0.25, 0.3) is 0 Å². The molecule has 4 aromatic rings. The number of aliphatic imine (C=N–C) groups is 1. The van der Waals surface area contributed by atoms with E-state index in [2.05, 4.69) is 35.9 Å². The van der Waals surface area contributed by atoms with Crippen molar-refractivity contribution >= 4 is 34.5 Å². The number of urea groups is 1. The predicted molar refractivity (Wildman–Crippen MR) is 141 cm³/mol. The fraction of sp³-hybridized carbons (Fsp3) is 0.231. The van der Waals surface area contributed by atoms with Gasteiger partial charge < -0.3 is 19.8 Å². The van der Waals surface area contributed by atoms with Gasteiger partial charge in [0.1, 0.15) is 11.5 Å². The molecule has 0 aliphatic heterocycles. The molecule has 2 aromatic heterocycles. The number of H-pyrrole nitrogens is 1. The number of nitrogens with one attached hydrogen (secondary N) is 4. The van der Waals surface area contributed by atoms with E-state index in [-0.39, 0.29) is 5.96 Å². The lowest BCUT2D eigenvalue weighted by molar-refractivity contribution is 0.256. The summed E-state index contributed by atoms with van der Waals surface area (Å²) in [7, 11) is 3.23. The van der Waals surface area contributed by atoms with Gasteiger partial charge in [-0.1, -0.05) is 0 Å². The van der Waals surface area contributed by atoms with Crippen molar-refractivity contribution in [1.82, 2.24) is 20.3 Å². The van der Waals surface area contributed by atoms with Crippen molar-refractivity contribution in [3.05, 3.63) is 71.7 Å². The third-order valence-corrected chi connectivity index (χ3v) is 5.42. The maximum Gasteiger partial charge on any atom is 0.326 e. The van der Waals surface area contributed by atoms with Gasteiger partial charge in [0.05, 0.1) is 14.2 Å². The third-order valence-electron chi connectivity index (χ3n) is 5.42. The van der Waals surface area contributed by atoms with E-state index >= 15 is 0 Å². The lowest BCUT2D eigenvalue weighted by atomic mass is 10.1. The highest BCUT2D eigenvalue weighted by molar-refractivity contribution is 6.07. The van der Waals surface area contributed by atoms with Gasteiger partial charge in [-0.15, -0.1) is 0 Å². The lowest BCUT2D eigenvalue weighted by Crippen LogP contribution is -2.39. The number of carbonyl (C=O) groups is 1. The van der Waals surface area contributed by atoms with Crippen molar-refractivity contribution in [3.8, 4) is 11.5 Å². The Balaban J connectivity index is 1.49. The molecule has 10 heteroatoms. The number of guanidine groups is 1. The molecule has 0 spiro atoms. The molecular weight excluding hydrogens is 458 g/mol. The number of hydrogen-bond donors (Lipinski definition) is 4. The maximum atomic E-state index is 12.7. The lowest BCUT2D eigenvalue weighted by Gasteiger charge is -2.12. The number of rotatable bonds is 7. The van der Waals surface area contributed by atoms with Gasteiger partial charge >= 0.3 is 6.03 Å². The van der Waals surface area contributed by atoms with Crippen molar-refractivity contribution < 1.29 is 14.3 Å². The highest BCUT2D eigenvalue weighted by Crippen LogP contribution is 2.23. The molecule has 0 saturated heterocycles. The number of aromatic nitrogens is 3. The summed E-state index contributed by atoms with van der Waals surface area (Å²) in [5, 5.41) is 9.69. The molecule has 0 radical (unpaired) electrons. The van der Waals surface area contributed by atoms with Crippen molar-refractivity contribution in [2.24, 2.45) is 4.99 Å². The number of aromatic amines is 1. The third kappa shape index (κ3) is 6.29. The first-order valence-corrected chi connectivity index (χ1v) is 11.4. The van der Waals surface area contributed by atoms with E-state index in [1.807, 2.05) is 44.3 Å². The standard InChI is InChI=1S/C26H29N7O3/c1-16-13-17(2)30-25(29-16)32-24(33-26(34)31-19-5-7-20(35-3)8-6-19)27-12-11-18-15-28-23-14-21(36-4)9-10-22(18)23/h5-10,13-15,28H,11-12H2,1-4H3,(H3,27,29,30,31,32,33,34). The number of methoxy groups -OCH3 is 2. The second kappa shape index (κ2) is 11.2. The van der Waals surface area contributed by atoms with Crippen LogP contribution >= 0.6 is 0 Å². The number of hydrogen-bond acceptors (Lipinski definition) is 6. The smallest absolute Gasteiger partial charge is 0.326 e. The highest BCUT2D eigenvalue weighted by atomic mass is 16.5. The number of aryl methyl sites for hydroxylation is 2. The van der Waals surface area contributed by atoms with Crippen molar-refractivity contribution in [3.63, 3.8) is 0 Å². The molecule has 0 atom stereocenters. The Morgan fingerprint density at radius 3 is 2.33 bits per heavy atom. The van der Waals surface area contributed by atoms with Gasteiger partial charge in [-0.3, -0.25) is 15.6 Å². The van der Waals surface area contributed by atoms with Crippen LogP contribution in [-0.2, 0) is 6.42 Å². The number of nitrogens with zero attached hydrogens (tertiary/aromatic N) is 3. The summed E-state index contributed by atoms with van der Waals surface area (Å²) >= 11 is 0.